The number of fused-ring (bicyclic) bond motifs is 3. The summed E-state index contributed by atoms with van der Waals surface area (Å²) in [5, 5.41) is 2.14. The van der Waals surface area contributed by atoms with Gasteiger partial charge in [0.25, 0.3) is 0 Å². The molecule has 2 nitrogen and oxygen atoms in total. The first kappa shape index (κ1) is 19.2. The van der Waals surface area contributed by atoms with Crippen molar-refractivity contribution in [3.63, 3.8) is 0 Å². The smallest absolute Gasteiger partial charge is 0.346 e. The fraction of sp³-hybridized carbons (Fsp3) is 0.318. The molecule has 1 aliphatic rings. The van der Waals surface area contributed by atoms with Crippen LogP contribution < -0.4 is 5.32 Å². The quantitative estimate of drug-likeness (QED) is 0.512. The summed E-state index contributed by atoms with van der Waals surface area (Å²) in [5.41, 5.74) is 2.30. The van der Waals surface area contributed by atoms with Crippen molar-refractivity contribution in [1.82, 2.24) is 5.32 Å². The molecular weight excluding hydrogens is 351 g/mol. The largest absolute Gasteiger partial charge is 0.405 e. The van der Waals surface area contributed by atoms with Crippen molar-refractivity contribution < 1.29 is 18.0 Å². The van der Waals surface area contributed by atoms with E-state index in [9.17, 15) is 18.0 Å². The number of carbonyl (C=O) groups is 1. The SMILES string of the molecule is C=CCCCCC1(C(=O)NCC(F)(F)F)c2ccccc2-c2ccccc21. The lowest BCUT2D eigenvalue weighted by Gasteiger charge is -2.31. The van der Waals surface area contributed by atoms with Crippen molar-refractivity contribution in [1.29, 1.82) is 0 Å². The number of allylic oxidation sites excluding steroid dienone is 1. The molecule has 5 heteroatoms. The molecule has 1 N–H and O–H groups in total. The molecule has 0 saturated carbocycles. The van der Waals surface area contributed by atoms with Crippen LogP contribution in [-0.4, -0.2) is 18.6 Å². The molecule has 0 bridgehead atoms. The van der Waals surface area contributed by atoms with E-state index in [1.165, 1.54) is 0 Å². The van der Waals surface area contributed by atoms with Crippen LogP contribution in [0.1, 0.15) is 36.8 Å². The summed E-state index contributed by atoms with van der Waals surface area (Å²) in [6.07, 6.45) is 0.183. The first-order valence-electron chi connectivity index (χ1n) is 9.05. The predicted molar refractivity (Wildman–Crippen MR) is 100 cm³/mol. The average molecular weight is 373 g/mol. The molecular formula is C22H22F3NO. The summed E-state index contributed by atoms with van der Waals surface area (Å²) >= 11 is 0. The molecule has 142 valence electrons. The standard InChI is InChI=1S/C22H22F3NO/c1-2-3-4-9-14-21(20(27)26-15-22(23,24)25)18-12-7-5-10-16(18)17-11-6-8-13-19(17)21/h2,5-8,10-13H,1,3-4,9,14-15H2,(H,26,27). The van der Waals surface area contributed by atoms with E-state index in [2.05, 4.69) is 11.9 Å². The van der Waals surface area contributed by atoms with Crippen LogP contribution in [0.15, 0.2) is 61.2 Å². The molecule has 0 heterocycles. The zero-order chi connectivity index (χ0) is 19.5. The summed E-state index contributed by atoms with van der Waals surface area (Å²) in [5.74, 6) is -0.587. The van der Waals surface area contributed by atoms with Crippen LogP contribution in [0.5, 0.6) is 0 Å². The molecule has 0 atom stereocenters. The van der Waals surface area contributed by atoms with Crippen molar-refractivity contribution >= 4 is 5.91 Å². The van der Waals surface area contributed by atoms with E-state index in [0.717, 1.165) is 35.1 Å². The third-order valence-corrected chi connectivity index (χ3v) is 5.11. The molecule has 0 aromatic heterocycles. The number of unbranched alkanes of at least 4 members (excludes halogenated alkanes) is 2. The molecule has 0 spiro atoms. The number of hydrogen-bond acceptors (Lipinski definition) is 1. The van der Waals surface area contributed by atoms with Gasteiger partial charge in [-0.05, 0) is 41.5 Å². The van der Waals surface area contributed by atoms with Gasteiger partial charge in [-0.2, -0.15) is 13.2 Å². The van der Waals surface area contributed by atoms with Crippen molar-refractivity contribution in [2.45, 2.75) is 37.3 Å². The van der Waals surface area contributed by atoms with Crippen LogP contribution in [0.2, 0.25) is 0 Å². The van der Waals surface area contributed by atoms with E-state index in [0.29, 0.717) is 12.8 Å². The molecule has 27 heavy (non-hydrogen) atoms. The normalized spacial score (nSPS) is 14.3. The number of amides is 1. The van der Waals surface area contributed by atoms with E-state index >= 15 is 0 Å². The Morgan fingerprint density at radius 2 is 1.56 bits per heavy atom. The van der Waals surface area contributed by atoms with Crippen LogP contribution in [-0.2, 0) is 10.2 Å². The molecule has 2 aromatic carbocycles. The van der Waals surface area contributed by atoms with Gasteiger partial charge in [0.05, 0.1) is 0 Å². The highest BCUT2D eigenvalue weighted by Crippen LogP contribution is 2.51. The second kappa shape index (κ2) is 7.59. The third-order valence-electron chi connectivity index (χ3n) is 5.11. The van der Waals surface area contributed by atoms with E-state index in [1.54, 1.807) is 0 Å². The van der Waals surface area contributed by atoms with E-state index in [1.807, 2.05) is 54.6 Å². The number of benzene rings is 2. The molecule has 1 amide bonds. The number of carbonyl (C=O) groups excluding carboxylic acids is 1. The van der Waals surface area contributed by atoms with Crippen LogP contribution >= 0.6 is 0 Å². The van der Waals surface area contributed by atoms with Crippen molar-refractivity contribution in [2.24, 2.45) is 0 Å². The molecule has 0 radical (unpaired) electrons. The van der Waals surface area contributed by atoms with Gasteiger partial charge in [-0.25, -0.2) is 0 Å². The maximum absolute atomic E-state index is 13.2. The third kappa shape index (κ3) is 3.64. The Balaban J connectivity index is 2.06. The monoisotopic (exact) mass is 373 g/mol. The van der Waals surface area contributed by atoms with E-state index in [4.69, 9.17) is 0 Å². The van der Waals surface area contributed by atoms with Gasteiger partial charge in [0.2, 0.25) is 5.91 Å². The van der Waals surface area contributed by atoms with Gasteiger partial charge >= 0.3 is 6.18 Å². The summed E-state index contributed by atoms with van der Waals surface area (Å²) in [6.45, 7) is 2.38. The molecule has 0 saturated heterocycles. The predicted octanol–water partition coefficient (Wildman–Crippen LogP) is 5.38. The van der Waals surface area contributed by atoms with Gasteiger partial charge in [-0.3, -0.25) is 4.79 Å². The highest BCUT2D eigenvalue weighted by Gasteiger charge is 2.49. The average Bonchev–Trinajstić information content (AvgIpc) is 2.94. The summed E-state index contributed by atoms with van der Waals surface area (Å²) < 4.78 is 38.2. The van der Waals surface area contributed by atoms with Crippen molar-refractivity contribution in [3.05, 3.63) is 72.3 Å². The second-order valence-electron chi connectivity index (χ2n) is 6.83. The zero-order valence-electron chi connectivity index (χ0n) is 15.0. The van der Waals surface area contributed by atoms with Crippen LogP contribution in [0.3, 0.4) is 0 Å². The molecule has 2 aromatic rings. The second-order valence-corrected chi connectivity index (χ2v) is 6.83. The van der Waals surface area contributed by atoms with Gasteiger partial charge in [0, 0.05) is 0 Å². The molecule has 0 aliphatic heterocycles. The number of nitrogens with one attached hydrogen (secondary N) is 1. The fourth-order valence-electron chi connectivity index (χ4n) is 3.96. The first-order chi connectivity index (χ1) is 12.9. The summed E-state index contributed by atoms with van der Waals surface area (Å²) in [4.78, 5) is 13.2. The lowest BCUT2D eigenvalue weighted by molar-refractivity contribution is -0.141. The summed E-state index contributed by atoms with van der Waals surface area (Å²) in [6, 6.07) is 15.0. The Morgan fingerprint density at radius 3 is 2.07 bits per heavy atom. The minimum absolute atomic E-state index is 0.457. The molecule has 0 fully saturated rings. The minimum Gasteiger partial charge on any atom is -0.346 e. The van der Waals surface area contributed by atoms with E-state index < -0.39 is 24.0 Å². The Morgan fingerprint density at radius 1 is 1.00 bits per heavy atom. The maximum Gasteiger partial charge on any atom is 0.405 e. The van der Waals surface area contributed by atoms with Gasteiger partial charge in [0.1, 0.15) is 12.0 Å². The number of hydrogen-bond donors (Lipinski definition) is 1. The van der Waals surface area contributed by atoms with E-state index in [-0.39, 0.29) is 0 Å². The summed E-state index contributed by atoms with van der Waals surface area (Å²) in [7, 11) is 0. The number of rotatable bonds is 7. The van der Waals surface area contributed by atoms with Crippen LogP contribution in [0, 0.1) is 0 Å². The van der Waals surface area contributed by atoms with Gasteiger partial charge < -0.3 is 5.32 Å². The number of halogens is 3. The molecule has 1 aliphatic carbocycles. The maximum atomic E-state index is 13.2. The molecule has 0 unspecified atom stereocenters. The highest BCUT2D eigenvalue weighted by atomic mass is 19.4. The lowest BCUT2D eigenvalue weighted by atomic mass is 9.73. The van der Waals surface area contributed by atoms with Gasteiger partial charge in [0.15, 0.2) is 0 Å². The Kier molecular flexibility index (Phi) is 5.40. The van der Waals surface area contributed by atoms with Crippen molar-refractivity contribution in [2.75, 3.05) is 6.54 Å². The topological polar surface area (TPSA) is 29.1 Å². The van der Waals surface area contributed by atoms with Crippen molar-refractivity contribution in [3.8, 4) is 11.1 Å². The minimum atomic E-state index is -4.45. The van der Waals surface area contributed by atoms with Crippen LogP contribution in [0.4, 0.5) is 13.2 Å². The van der Waals surface area contributed by atoms with Gasteiger partial charge in [-0.1, -0.05) is 61.0 Å². The first-order valence-corrected chi connectivity index (χ1v) is 9.05. The Hall–Kier alpha value is -2.56. The zero-order valence-corrected chi connectivity index (χ0v) is 15.0. The fourth-order valence-corrected chi connectivity index (χ4v) is 3.96. The van der Waals surface area contributed by atoms with Gasteiger partial charge in [-0.15, -0.1) is 6.58 Å². The van der Waals surface area contributed by atoms with Crippen LogP contribution in [0.25, 0.3) is 11.1 Å². The highest BCUT2D eigenvalue weighted by molar-refractivity contribution is 6.00. The lowest BCUT2D eigenvalue weighted by Crippen LogP contribution is -2.47. The molecule has 3 rings (SSSR count). The Labute approximate surface area is 157 Å². The Bertz CT molecular complexity index is 796. The number of alkyl halides is 3.